The van der Waals surface area contributed by atoms with E-state index in [0.717, 1.165) is 23.3 Å². The van der Waals surface area contributed by atoms with Crippen molar-refractivity contribution in [3.8, 4) is 11.1 Å². The van der Waals surface area contributed by atoms with Gasteiger partial charge in [0.1, 0.15) is 0 Å². The topological polar surface area (TPSA) is 26.0 Å². The van der Waals surface area contributed by atoms with Gasteiger partial charge in [-0.15, -0.1) is 0 Å². The lowest BCUT2D eigenvalue weighted by molar-refractivity contribution is 0.509. The van der Waals surface area contributed by atoms with E-state index < -0.39 is 11.6 Å². The van der Waals surface area contributed by atoms with Gasteiger partial charge < -0.3 is 5.73 Å². The number of benzene rings is 2. The van der Waals surface area contributed by atoms with Gasteiger partial charge in [-0.3, -0.25) is 0 Å². The van der Waals surface area contributed by atoms with Crippen molar-refractivity contribution < 1.29 is 8.78 Å². The second kappa shape index (κ2) is 5.04. The van der Waals surface area contributed by atoms with Crippen molar-refractivity contribution in [3.63, 3.8) is 0 Å². The van der Waals surface area contributed by atoms with Crippen LogP contribution in [0.3, 0.4) is 0 Å². The first kappa shape index (κ1) is 13.0. The molecule has 0 spiro atoms. The number of nitrogens with two attached hydrogens (primary N) is 1. The summed E-state index contributed by atoms with van der Waals surface area (Å²) in [5.74, 6) is -1.86. The number of hydrogen-bond donors (Lipinski definition) is 1. The van der Waals surface area contributed by atoms with Crippen LogP contribution < -0.4 is 5.73 Å². The average Bonchev–Trinajstić information content (AvgIpc) is 2.34. The molecule has 2 N–H and O–H groups in total. The zero-order chi connectivity index (χ0) is 13.3. The summed E-state index contributed by atoms with van der Waals surface area (Å²) in [4.78, 5) is 0. The number of hydrogen-bond acceptors (Lipinski definition) is 1. The fraction of sp³-hybridized carbons (Fsp3) is 0.143. The second-order valence-corrected chi connectivity index (χ2v) is 4.56. The standard InChI is InChI=1S/C14H12ClF2N/c1-8(18)9-2-4-10(5-3-9)11-6-13(16)14(17)7-12(11)15/h2-8H,18H2,1H3. The molecule has 0 aliphatic carbocycles. The van der Waals surface area contributed by atoms with Gasteiger partial charge in [-0.1, -0.05) is 35.9 Å². The first-order valence-corrected chi connectivity index (χ1v) is 5.87. The van der Waals surface area contributed by atoms with Crippen LogP contribution in [0, 0.1) is 11.6 Å². The van der Waals surface area contributed by atoms with Crippen LogP contribution in [0.25, 0.3) is 11.1 Å². The quantitative estimate of drug-likeness (QED) is 0.807. The van der Waals surface area contributed by atoms with Gasteiger partial charge in [0, 0.05) is 11.6 Å². The summed E-state index contributed by atoms with van der Waals surface area (Å²) in [6.45, 7) is 1.87. The molecule has 0 radical (unpaired) electrons. The summed E-state index contributed by atoms with van der Waals surface area (Å²) < 4.78 is 26.2. The Hall–Kier alpha value is -1.45. The largest absolute Gasteiger partial charge is 0.324 e. The van der Waals surface area contributed by atoms with Crippen LogP contribution in [0.2, 0.25) is 5.02 Å². The Morgan fingerprint density at radius 3 is 2.17 bits per heavy atom. The third kappa shape index (κ3) is 2.52. The van der Waals surface area contributed by atoms with E-state index in [0.29, 0.717) is 5.56 Å². The highest BCUT2D eigenvalue weighted by molar-refractivity contribution is 6.33. The number of rotatable bonds is 2. The molecule has 0 heterocycles. The van der Waals surface area contributed by atoms with E-state index in [1.165, 1.54) is 0 Å². The molecule has 0 saturated heterocycles. The zero-order valence-corrected chi connectivity index (χ0v) is 10.5. The summed E-state index contributed by atoms with van der Waals surface area (Å²) >= 11 is 5.91. The Bertz CT molecular complexity index is 565. The van der Waals surface area contributed by atoms with E-state index in [2.05, 4.69) is 0 Å². The van der Waals surface area contributed by atoms with Crippen molar-refractivity contribution in [2.45, 2.75) is 13.0 Å². The molecule has 0 aliphatic heterocycles. The maximum absolute atomic E-state index is 13.2. The highest BCUT2D eigenvalue weighted by Crippen LogP contribution is 2.30. The van der Waals surface area contributed by atoms with Gasteiger partial charge in [0.05, 0.1) is 5.02 Å². The molecular weight excluding hydrogens is 256 g/mol. The van der Waals surface area contributed by atoms with E-state index in [-0.39, 0.29) is 11.1 Å². The van der Waals surface area contributed by atoms with Gasteiger partial charge in [0.25, 0.3) is 0 Å². The van der Waals surface area contributed by atoms with Crippen molar-refractivity contribution in [2.75, 3.05) is 0 Å². The van der Waals surface area contributed by atoms with E-state index in [9.17, 15) is 8.78 Å². The SMILES string of the molecule is CC(N)c1ccc(-c2cc(F)c(F)cc2Cl)cc1. The van der Waals surface area contributed by atoms with Crippen LogP contribution in [0.1, 0.15) is 18.5 Å². The molecule has 18 heavy (non-hydrogen) atoms. The third-order valence-electron chi connectivity index (χ3n) is 2.76. The molecule has 4 heteroatoms. The predicted molar refractivity (Wildman–Crippen MR) is 69.4 cm³/mol. The summed E-state index contributed by atoms with van der Waals surface area (Å²) in [7, 11) is 0. The fourth-order valence-corrected chi connectivity index (χ4v) is 1.97. The van der Waals surface area contributed by atoms with E-state index in [4.69, 9.17) is 17.3 Å². The summed E-state index contributed by atoms with van der Waals surface area (Å²) in [6, 6.07) is 9.27. The molecule has 2 aromatic carbocycles. The number of halogens is 3. The smallest absolute Gasteiger partial charge is 0.160 e. The summed E-state index contributed by atoms with van der Waals surface area (Å²) in [6.07, 6.45) is 0. The van der Waals surface area contributed by atoms with Gasteiger partial charge in [0.2, 0.25) is 0 Å². The maximum Gasteiger partial charge on any atom is 0.160 e. The van der Waals surface area contributed by atoms with Crippen molar-refractivity contribution in [3.05, 3.63) is 58.6 Å². The molecule has 0 fully saturated rings. The van der Waals surface area contributed by atoms with Gasteiger partial charge in [-0.05, 0) is 30.2 Å². The van der Waals surface area contributed by atoms with Gasteiger partial charge in [-0.2, -0.15) is 0 Å². The highest BCUT2D eigenvalue weighted by atomic mass is 35.5. The van der Waals surface area contributed by atoms with Crippen LogP contribution >= 0.6 is 11.6 Å². The minimum Gasteiger partial charge on any atom is -0.324 e. The Morgan fingerprint density at radius 2 is 1.61 bits per heavy atom. The Kier molecular flexibility index (Phi) is 3.64. The zero-order valence-electron chi connectivity index (χ0n) is 9.75. The lowest BCUT2D eigenvalue weighted by Gasteiger charge is -2.09. The summed E-state index contributed by atoms with van der Waals surface area (Å²) in [5, 5.41) is 0.183. The third-order valence-corrected chi connectivity index (χ3v) is 3.07. The lowest BCUT2D eigenvalue weighted by Crippen LogP contribution is -2.04. The van der Waals surface area contributed by atoms with Crippen molar-refractivity contribution in [2.24, 2.45) is 5.73 Å². The first-order valence-electron chi connectivity index (χ1n) is 5.49. The van der Waals surface area contributed by atoms with Crippen LogP contribution in [0.4, 0.5) is 8.78 Å². The minimum absolute atomic E-state index is 0.0699. The molecule has 2 rings (SSSR count). The van der Waals surface area contributed by atoms with Crippen molar-refractivity contribution >= 4 is 11.6 Å². The molecule has 0 saturated carbocycles. The van der Waals surface area contributed by atoms with Crippen molar-refractivity contribution in [1.29, 1.82) is 0 Å². The summed E-state index contributed by atoms with van der Waals surface area (Å²) in [5.41, 5.74) is 7.90. The molecular formula is C14H12ClF2N. The van der Waals surface area contributed by atoms with Crippen molar-refractivity contribution in [1.82, 2.24) is 0 Å². The second-order valence-electron chi connectivity index (χ2n) is 4.16. The van der Waals surface area contributed by atoms with Crippen LogP contribution in [0.15, 0.2) is 36.4 Å². The van der Waals surface area contributed by atoms with Crippen LogP contribution in [0.5, 0.6) is 0 Å². The van der Waals surface area contributed by atoms with Gasteiger partial charge >= 0.3 is 0 Å². The average molecular weight is 268 g/mol. The Morgan fingerprint density at radius 1 is 1.06 bits per heavy atom. The molecule has 0 aliphatic rings. The van der Waals surface area contributed by atoms with E-state index in [1.54, 1.807) is 12.1 Å². The molecule has 2 aromatic rings. The van der Waals surface area contributed by atoms with E-state index in [1.807, 2.05) is 19.1 Å². The predicted octanol–water partition coefficient (Wildman–Crippen LogP) is 4.30. The molecule has 1 nitrogen and oxygen atoms in total. The van der Waals surface area contributed by atoms with Gasteiger partial charge in [-0.25, -0.2) is 8.78 Å². The Balaban J connectivity index is 2.46. The van der Waals surface area contributed by atoms with Gasteiger partial charge in [0.15, 0.2) is 11.6 Å². The fourth-order valence-electron chi connectivity index (χ4n) is 1.71. The monoisotopic (exact) mass is 267 g/mol. The highest BCUT2D eigenvalue weighted by Gasteiger charge is 2.10. The molecule has 94 valence electrons. The maximum atomic E-state index is 13.2. The normalized spacial score (nSPS) is 12.5. The van der Waals surface area contributed by atoms with Crippen LogP contribution in [-0.4, -0.2) is 0 Å². The molecule has 0 aromatic heterocycles. The van der Waals surface area contributed by atoms with Crippen LogP contribution in [-0.2, 0) is 0 Å². The first-order chi connectivity index (χ1) is 8.49. The van der Waals surface area contributed by atoms with E-state index >= 15 is 0 Å². The molecule has 1 atom stereocenters. The molecule has 0 amide bonds. The minimum atomic E-state index is -0.948. The lowest BCUT2D eigenvalue weighted by atomic mass is 10.0. The molecule has 1 unspecified atom stereocenters. The molecule has 0 bridgehead atoms. The Labute approximate surface area is 109 Å².